The molecule has 0 saturated heterocycles. The van der Waals surface area contributed by atoms with Crippen molar-refractivity contribution in [3.8, 4) is 11.3 Å². The Bertz CT molecular complexity index is 1350. The summed E-state index contributed by atoms with van der Waals surface area (Å²) < 4.78 is 5.70. The molecule has 2 heterocycles. The van der Waals surface area contributed by atoms with Crippen LogP contribution in [0.1, 0.15) is 48.0 Å². The van der Waals surface area contributed by atoms with Crippen LogP contribution in [-0.4, -0.2) is 41.7 Å². The van der Waals surface area contributed by atoms with E-state index in [4.69, 9.17) is 4.42 Å². The zero-order valence-electron chi connectivity index (χ0n) is 21.1. The quantitative estimate of drug-likeness (QED) is 0.478. The maximum Gasteiger partial charge on any atom is 0.294 e. The Balaban J connectivity index is 1.85. The van der Waals surface area contributed by atoms with Crippen LogP contribution in [0.15, 0.2) is 76.4 Å². The Morgan fingerprint density at radius 2 is 1.69 bits per heavy atom. The summed E-state index contributed by atoms with van der Waals surface area (Å²) >= 11 is 0. The number of hydrogen-bond acceptors (Lipinski definition) is 5. The minimum atomic E-state index is -0.944. The molecule has 0 aliphatic carbocycles. The van der Waals surface area contributed by atoms with Gasteiger partial charge < -0.3 is 14.4 Å². The highest BCUT2D eigenvalue weighted by atomic mass is 16.3. The first-order valence-electron chi connectivity index (χ1n) is 11.9. The Morgan fingerprint density at radius 1 is 1.03 bits per heavy atom. The number of ketones is 1. The molecular weight excluding hydrogens is 456 g/mol. The molecule has 7 heteroatoms. The number of nitrogens with zero attached hydrogens (tertiary/aromatic N) is 2. The van der Waals surface area contributed by atoms with Gasteiger partial charge in [0.25, 0.3) is 11.8 Å². The summed E-state index contributed by atoms with van der Waals surface area (Å²) in [6.45, 7) is 5.66. The van der Waals surface area contributed by atoms with E-state index < -0.39 is 17.7 Å². The van der Waals surface area contributed by atoms with Crippen molar-refractivity contribution in [2.75, 3.05) is 19.0 Å². The Hall–Kier alpha value is -4.13. The van der Waals surface area contributed by atoms with Crippen molar-refractivity contribution in [3.05, 3.63) is 88.9 Å². The third kappa shape index (κ3) is 4.56. The van der Waals surface area contributed by atoms with Gasteiger partial charge in [0.2, 0.25) is 0 Å². The highest BCUT2D eigenvalue weighted by Gasteiger charge is 2.45. The number of anilines is 1. The third-order valence-corrected chi connectivity index (χ3v) is 6.16. The second-order valence-electron chi connectivity index (χ2n) is 9.61. The number of aliphatic hydroxyl groups is 1. The number of Topliss-reactive ketones (excluding diaryl/α,β-unsaturated/α-hetero) is 1. The van der Waals surface area contributed by atoms with Crippen molar-refractivity contribution in [3.63, 3.8) is 0 Å². The zero-order chi connectivity index (χ0) is 26.1. The summed E-state index contributed by atoms with van der Waals surface area (Å²) in [6.07, 6.45) is 0.164. The molecule has 1 aromatic heterocycles. The van der Waals surface area contributed by atoms with E-state index in [-0.39, 0.29) is 29.6 Å². The molecule has 1 aliphatic heterocycles. The first kappa shape index (κ1) is 25.0. The van der Waals surface area contributed by atoms with Crippen LogP contribution in [0, 0.1) is 12.8 Å². The molecule has 0 saturated carbocycles. The molecule has 2 amide bonds. The summed E-state index contributed by atoms with van der Waals surface area (Å²) in [5.74, 6) is -0.337. The predicted molar refractivity (Wildman–Crippen MR) is 138 cm³/mol. The van der Waals surface area contributed by atoms with Crippen molar-refractivity contribution in [2.24, 2.45) is 5.92 Å². The molecule has 1 unspecified atom stereocenters. The monoisotopic (exact) mass is 486 g/mol. The number of benzene rings is 2. The lowest BCUT2D eigenvalue weighted by atomic mass is 9.89. The number of amides is 2. The van der Waals surface area contributed by atoms with E-state index in [1.807, 2.05) is 45.0 Å². The van der Waals surface area contributed by atoms with Gasteiger partial charge in [0.1, 0.15) is 11.5 Å². The number of aryl methyl sites for hydroxylation is 1. The lowest BCUT2D eigenvalue weighted by Crippen LogP contribution is -2.33. The second kappa shape index (κ2) is 9.85. The van der Waals surface area contributed by atoms with Crippen molar-refractivity contribution < 1.29 is 23.9 Å². The van der Waals surface area contributed by atoms with Gasteiger partial charge in [-0.25, -0.2) is 0 Å². The lowest BCUT2D eigenvalue weighted by molar-refractivity contribution is -0.118. The Labute approximate surface area is 210 Å². The maximum absolute atomic E-state index is 13.4. The van der Waals surface area contributed by atoms with Gasteiger partial charge in [-0.05, 0) is 60.9 Å². The van der Waals surface area contributed by atoms with Crippen molar-refractivity contribution in [2.45, 2.75) is 33.2 Å². The summed E-state index contributed by atoms with van der Waals surface area (Å²) in [6, 6.07) is 16.8. The molecule has 1 N–H and O–H groups in total. The van der Waals surface area contributed by atoms with E-state index in [2.05, 4.69) is 0 Å². The summed E-state index contributed by atoms with van der Waals surface area (Å²) in [7, 11) is 3.29. The van der Waals surface area contributed by atoms with Crippen LogP contribution in [0.25, 0.3) is 11.3 Å². The highest BCUT2D eigenvalue weighted by molar-refractivity contribution is 6.17. The van der Waals surface area contributed by atoms with Gasteiger partial charge in [-0.2, -0.15) is 0 Å². The molecule has 1 atom stereocenters. The average molecular weight is 487 g/mol. The molecule has 7 nitrogen and oxygen atoms in total. The topological polar surface area (TPSA) is 91.1 Å². The highest BCUT2D eigenvalue weighted by Crippen LogP contribution is 2.43. The van der Waals surface area contributed by atoms with Gasteiger partial charge in [0, 0.05) is 37.3 Å². The summed E-state index contributed by atoms with van der Waals surface area (Å²) in [4.78, 5) is 42.6. The zero-order valence-corrected chi connectivity index (χ0v) is 21.1. The fourth-order valence-corrected chi connectivity index (χ4v) is 4.48. The van der Waals surface area contributed by atoms with Crippen LogP contribution < -0.4 is 4.90 Å². The first-order chi connectivity index (χ1) is 17.1. The summed E-state index contributed by atoms with van der Waals surface area (Å²) in [5, 5.41) is 10.9. The SMILES string of the molecule is Cc1ccc(-c2ccc(N3C(=O)C(O)=C(C(=O)CC(C)C)C3c3ccccc3C(=O)N(C)C)cc2)o1. The molecule has 0 radical (unpaired) electrons. The molecule has 36 heavy (non-hydrogen) atoms. The molecule has 2 aromatic carbocycles. The maximum atomic E-state index is 13.4. The van der Waals surface area contributed by atoms with Gasteiger partial charge >= 0.3 is 0 Å². The van der Waals surface area contributed by atoms with Gasteiger partial charge in [-0.15, -0.1) is 0 Å². The van der Waals surface area contributed by atoms with Crippen LogP contribution in [0.4, 0.5) is 5.69 Å². The molecule has 0 fully saturated rings. The van der Waals surface area contributed by atoms with Crippen LogP contribution in [-0.2, 0) is 9.59 Å². The minimum absolute atomic E-state index is 0.0124. The predicted octanol–water partition coefficient (Wildman–Crippen LogP) is 5.47. The molecule has 186 valence electrons. The average Bonchev–Trinajstić information content (AvgIpc) is 3.39. The van der Waals surface area contributed by atoms with Crippen molar-refractivity contribution in [1.29, 1.82) is 0 Å². The second-order valence-corrected chi connectivity index (χ2v) is 9.61. The number of aliphatic hydroxyl groups excluding tert-OH is 1. The molecule has 0 spiro atoms. The van der Waals surface area contributed by atoms with E-state index in [1.54, 1.807) is 50.5 Å². The smallest absolute Gasteiger partial charge is 0.294 e. The van der Waals surface area contributed by atoms with Gasteiger partial charge in [-0.3, -0.25) is 19.3 Å². The minimum Gasteiger partial charge on any atom is -0.503 e. The van der Waals surface area contributed by atoms with Gasteiger partial charge in [-0.1, -0.05) is 32.0 Å². The van der Waals surface area contributed by atoms with Crippen molar-refractivity contribution in [1.82, 2.24) is 4.90 Å². The summed E-state index contributed by atoms with van der Waals surface area (Å²) in [5.41, 5.74) is 2.16. The fraction of sp³-hybridized carbons (Fsp3) is 0.276. The van der Waals surface area contributed by atoms with Crippen LogP contribution in [0.3, 0.4) is 0 Å². The number of carbonyl (C=O) groups excluding carboxylic acids is 3. The number of furan rings is 1. The van der Waals surface area contributed by atoms with Gasteiger partial charge in [0.15, 0.2) is 11.5 Å². The molecule has 0 bridgehead atoms. The van der Waals surface area contributed by atoms with E-state index in [9.17, 15) is 19.5 Å². The Morgan fingerprint density at radius 3 is 2.28 bits per heavy atom. The third-order valence-electron chi connectivity index (χ3n) is 6.16. The van der Waals surface area contributed by atoms with Crippen LogP contribution in [0.2, 0.25) is 0 Å². The molecule has 3 aromatic rings. The van der Waals surface area contributed by atoms with E-state index in [0.717, 1.165) is 11.3 Å². The molecule has 4 rings (SSSR count). The molecule has 1 aliphatic rings. The number of hydrogen-bond donors (Lipinski definition) is 1. The fourth-order valence-electron chi connectivity index (χ4n) is 4.48. The number of rotatable bonds is 7. The van der Waals surface area contributed by atoms with E-state index in [1.165, 1.54) is 9.80 Å². The number of carbonyl (C=O) groups is 3. The van der Waals surface area contributed by atoms with Crippen LogP contribution >= 0.6 is 0 Å². The van der Waals surface area contributed by atoms with Gasteiger partial charge in [0.05, 0.1) is 11.6 Å². The first-order valence-corrected chi connectivity index (χ1v) is 11.9. The Kier molecular flexibility index (Phi) is 6.84. The van der Waals surface area contributed by atoms with Crippen molar-refractivity contribution >= 4 is 23.3 Å². The lowest BCUT2D eigenvalue weighted by Gasteiger charge is -2.29. The van der Waals surface area contributed by atoms with E-state index in [0.29, 0.717) is 22.6 Å². The van der Waals surface area contributed by atoms with Crippen LogP contribution in [0.5, 0.6) is 0 Å². The van der Waals surface area contributed by atoms with E-state index >= 15 is 0 Å². The standard InChI is InChI=1S/C29H30N2O5/c1-17(2)16-23(32)25-26(21-8-6-7-9-22(21)28(34)30(4)5)31(29(35)27(25)33)20-13-11-19(12-14-20)24-15-10-18(3)36-24/h6-15,17,26,33H,16H2,1-5H3. The largest absolute Gasteiger partial charge is 0.503 e. The molecular formula is C29H30N2O5. The normalized spacial score (nSPS) is 15.7.